The third-order valence-corrected chi connectivity index (χ3v) is 5.32. The lowest BCUT2D eigenvalue weighted by Crippen LogP contribution is -2.27. The fourth-order valence-corrected chi connectivity index (χ4v) is 4.48. The number of hydrogen-bond donors (Lipinski definition) is 1. The van der Waals surface area contributed by atoms with Gasteiger partial charge in [-0.2, -0.15) is 0 Å². The monoisotopic (exact) mass is 265 g/mol. The van der Waals surface area contributed by atoms with Crippen LogP contribution in [0.15, 0.2) is 6.07 Å². The zero-order chi connectivity index (χ0) is 13.0. The first-order valence-electron chi connectivity index (χ1n) is 7.61. The lowest BCUT2D eigenvalue weighted by atomic mass is 9.95. The maximum absolute atomic E-state index is 3.77. The molecule has 1 nitrogen and oxygen atoms in total. The molecule has 1 heterocycles. The number of rotatable bonds is 7. The van der Waals surface area contributed by atoms with Crippen LogP contribution >= 0.6 is 11.3 Å². The van der Waals surface area contributed by atoms with E-state index in [9.17, 15) is 0 Å². The number of thiophene rings is 1. The standard InChI is InChI=1S/C16H27NS/c1-4-7-12(3)16(17-10-5-2)15-11-13-8-6-9-14(13)18-15/h11-12,16-17H,4-10H2,1-3H3. The predicted molar refractivity (Wildman–Crippen MR) is 81.5 cm³/mol. The van der Waals surface area contributed by atoms with Gasteiger partial charge in [-0.1, -0.05) is 27.2 Å². The van der Waals surface area contributed by atoms with Crippen molar-refractivity contribution < 1.29 is 0 Å². The van der Waals surface area contributed by atoms with E-state index < -0.39 is 0 Å². The first kappa shape index (κ1) is 14.1. The van der Waals surface area contributed by atoms with Crippen molar-refractivity contribution in [2.75, 3.05) is 6.54 Å². The van der Waals surface area contributed by atoms with Crippen molar-refractivity contribution in [2.24, 2.45) is 5.92 Å². The molecule has 0 saturated heterocycles. The fourth-order valence-electron chi connectivity index (χ4n) is 3.01. The van der Waals surface area contributed by atoms with Crippen molar-refractivity contribution in [2.45, 2.75) is 65.3 Å². The fraction of sp³-hybridized carbons (Fsp3) is 0.750. The molecule has 2 heteroatoms. The molecule has 0 saturated carbocycles. The Balaban J connectivity index is 2.10. The molecule has 0 amide bonds. The molecule has 2 rings (SSSR count). The summed E-state index contributed by atoms with van der Waals surface area (Å²) in [4.78, 5) is 3.26. The highest BCUT2D eigenvalue weighted by Gasteiger charge is 2.23. The minimum absolute atomic E-state index is 0.584. The summed E-state index contributed by atoms with van der Waals surface area (Å²) in [5, 5.41) is 3.77. The average Bonchev–Trinajstić information content (AvgIpc) is 2.90. The van der Waals surface area contributed by atoms with Crippen LogP contribution in [0.3, 0.4) is 0 Å². The third-order valence-electron chi connectivity index (χ3n) is 4.00. The molecule has 0 bridgehead atoms. The Morgan fingerprint density at radius 1 is 1.28 bits per heavy atom. The normalized spacial score (nSPS) is 17.7. The Morgan fingerprint density at radius 2 is 2.11 bits per heavy atom. The lowest BCUT2D eigenvalue weighted by molar-refractivity contribution is 0.368. The van der Waals surface area contributed by atoms with Crippen LogP contribution in [-0.4, -0.2) is 6.54 Å². The van der Waals surface area contributed by atoms with Gasteiger partial charge in [-0.25, -0.2) is 0 Å². The summed E-state index contributed by atoms with van der Waals surface area (Å²) < 4.78 is 0. The second-order valence-corrected chi connectivity index (χ2v) is 6.82. The van der Waals surface area contributed by atoms with Crippen molar-refractivity contribution in [3.8, 4) is 0 Å². The Labute approximate surface area is 116 Å². The van der Waals surface area contributed by atoms with Gasteiger partial charge in [0, 0.05) is 15.8 Å². The van der Waals surface area contributed by atoms with E-state index in [-0.39, 0.29) is 0 Å². The summed E-state index contributed by atoms with van der Waals surface area (Å²) in [6.07, 6.45) is 7.84. The second kappa shape index (κ2) is 6.72. The van der Waals surface area contributed by atoms with Crippen molar-refractivity contribution in [1.29, 1.82) is 0 Å². The minimum atomic E-state index is 0.584. The largest absolute Gasteiger partial charge is 0.309 e. The highest BCUT2D eigenvalue weighted by Crippen LogP contribution is 2.37. The summed E-state index contributed by atoms with van der Waals surface area (Å²) in [6, 6.07) is 3.08. The molecule has 0 spiro atoms. The van der Waals surface area contributed by atoms with E-state index >= 15 is 0 Å². The molecule has 2 unspecified atom stereocenters. The maximum atomic E-state index is 3.77. The van der Waals surface area contributed by atoms with Crippen molar-refractivity contribution >= 4 is 11.3 Å². The Hall–Kier alpha value is -0.340. The summed E-state index contributed by atoms with van der Waals surface area (Å²) in [6.45, 7) is 8.09. The molecular formula is C16H27NS. The van der Waals surface area contributed by atoms with E-state index in [0.717, 1.165) is 12.5 Å². The molecule has 0 aromatic carbocycles. The number of nitrogens with one attached hydrogen (secondary N) is 1. The van der Waals surface area contributed by atoms with Crippen molar-refractivity contribution in [3.63, 3.8) is 0 Å². The van der Waals surface area contributed by atoms with E-state index in [1.807, 2.05) is 0 Å². The average molecular weight is 265 g/mol. The molecule has 1 N–H and O–H groups in total. The van der Waals surface area contributed by atoms with Gasteiger partial charge in [0.05, 0.1) is 0 Å². The van der Waals surface area contributed by atoms with Crippen LogP contribution in [0.2, 0.25) is 0 Å². The molecule has 0 fully saturated rings. The van der Waals surface area contributed by atoms with Crippen LogP contribution in [-0.2, 0) is 12.8 Å². The van der Waals surface area contributed by atoms with Crippen LogP contribution in [0, 0.1) is 5.92 Å². The zero-order valence-electron chi connectivity index (χ0n) is 12.1. The highest BCUT2D eigenvalue weighted by molar-refractivity contribution is 7.12. The first-order valence-corrected chi connectivity index (χ1v) is 8.42. The summed E-state index contributed by atoms with van der Waals surface area (Å²) in [5.74, 6) is 0.750. The molecule has 1 aromatic heterocycles. The molecule has 0 radical (unpaired) electrons. The van der Waals surface area contributed by atoms with Gasteiger partial charge in [0.25, 0.3) is 0 Å². The molecule has 102 valence electrons. The first-order chi connectivity index (χ1) is 8.76. The van der Waals surface area contributed by atoms with Crippen LogP contribution < -0.4 is 5.32 Å². The summed E-state index contributed by atoms with van der Waals surface area (Å²) >= 11 is 2.07. The molecule has 1 aliphatic rings. The Bertz CT molecular complexity index is 348. The van der Waals surface area contributed by atoms with Crippen molar-refractivity contribution in [1.82, 2.24) is 5.32 Å². The van der Waals surface area contributed by atoms with Crippen LogP contribution in [0.5, 0.6) is 0 Å². The minimum Gasteiger partial charge on any atom is -0.309 e. The number of hydrogen-bond acceptors (Lipinski definition) is 2. The van der Waals surface area contributed by atoms with Gasteiger partial charge in [-0.3, -0.25) is 0 Å². The van der Waals surface area contributed by atoms with Gasteiger partial charge >= 0.3 is 0 Å². The van der Waals surface area contributed by atoms with E-state index in [0.29, 0.717) is 6.04 Å². The molecule has 1 aromatic rings. The van der Waals surface area contributed by atoms with E-state index in [2.05, 4.69) is 43.5 Å². The highest BCUT2D eigenvalue weighted by atomic mass is 32.1. The van der Waals surface area contributed by atoms with Gasteiger partial charge in [-0.05, 0) is 56.2 Å². The van der Waals surface area contributed by atoms with Crippen molar-refractivity contribution in [3.05, 3.63) is 21.4 Å². The van der Waals surface area contributed by atoms with Gasteiger partial charge in [-0.15, -0.1) is 11.3 Å². The summed E-state index contributed by atoms with van der Waals surface area (Å²) in [7, 11) is 0. The number of fused-ring (bicyclic) bond motifs is 1. The van der Waals surface area contributed by atoms with Crippen LogP contribution in [0.25, 0.3) is 0 Å². The maximum Gasteiger partial charge on any atom is 0.0440 e. The molecule has 0 aliphatic heterocycles. The zero-order valence-corrected chi connectivity index (χ0v) is 12.9. The van der Waals surface area contributed by atoms with E-state index in [4.69, 9.17) is 0 Å². The topological polar surface area (TPSA) is 12.0 Å². The Kier molecular flexibility index (Phi) is 5.25. The van der Waals surface area contributed by atoms with Crippen LogP contribution in [0.1, 0.15) is 67.8 Å². The number of aryl methyl sites for hydroxylation is 2. The smallest absolute Gasteiger partial charge is 0.0440 e. The second-order valence-electron chi connectivity index (χ2n) is 5.65. The lowest BCUT2D eigenvalue weighted by Gasteiger charge is -2.24. The van der Waals surface area contributed by atoms with E-state index in [1.165, 1.54) is 38.5 Å². The van der Waals surface area contributed by atoms with Crippen LogP contribution in [0.4, 0.5) is 0 Å². The summed E-state index contributed by atoms with van der Waals surface area (Å²) in [5.41, 5.74) is 1.64. The third kappa shape index (κ3) is 3.16. The van der Waals surface area contributed by atoms with E-state index in [1.54, 1.807) is 15.3 Å². The SMILES string of the molecule is CCCNC(c1cc2c(s1)CCC2)C(C)CCC. The molecule has 2 atom stereocenters. The quantitative estimate of drug-likeness (QED) is 0.752. The molecular weight excluding hydrogens is 238 g/mol. The van der Waals surface area contributed by atoms with Gasteiger partial charge in [0.2, 0.25) is 0 Å². The molecule has 1 aliphatic carbocycles. The van der Waals surface area contributed by atoms with Gasteiger partial charge in [0.15, 0.2) is 0 Å². The van der Waals surface area contributed by atoms with Gasteiger partial charge < -0.3 is 5.32 Å². The van der Waals surface area contributed by atoms with Gasteiger partial charge in [0.1, 0.15) is 0 Å². The molecule has 18 heavy (non-hydrogen) atoms. The predicted octanol–water partition coefficient (Wildman–Crippen LogP) is 4.71. The Morgan fingerprint density at radius 3 is 2.78 bits per heavy atom.